The average molecular weight is 376 g/mol. The molecule has 1 heterocycles. The summed E-state index contributed by atoms with van der Waals surface area (Å²) in [6, 6.07) is 3.12. The van der Waals surface area contributed by atoms with Crippen molar-refractivity contribution in [1.82, 2.24) is 10.3 Å². The van der Waals surface area contributed by atoms with Gasteiger partial charge in [-0.1, -0.05) is 15.9 Å². The molecule has 0 aliphatic rings. The molecule has 0 radical (unpaired) electrons. The van der Waals surface area contributed by atoms with E-state index in [0.29, 0.717) is 4.47 Å². The van der Waals surface area contributed by atoms with E-state index < -0.39 is 12.1 Å². The number of alkyl carbamates (subject to hydrolysis) is 1. The van der Waals surface area contributed by atoms with Crippen molar-refractivity contribution in [2.45, 2.75) is 13.8 Å². The minimum Gasteiger partial charge on any atom is -0.461 e. The monoisotopic (exact) mass is 375 g/mol. The van der Waals surface area contributed by atoms with Gasteiger partial charge in [-0.2, -0.15) is 0 Å². The largest absolute Gasteiger partial charge is 0.461 e. The number of nitrogens with zero attached hydrogens (tertiary/aromatic N) is 1. The minimum absolute atomic E-state index is 0.00820. The molecule has 0 saturated carbocycles. The van der Waals surface area contributed by atoms with Crippen molar-refractivity contribution < 1.29 is 19.1 Å². The second kappa shape index (κ2) is 8.53. The zero-order chi connectivity index (χ0) is 15.8. The second-order valence-corrected chi connectivity index (χ2v) is 4.90. The van der Waals surface area contributed by atoms with E-state index in [1.807, 2.05) is 0 Å². The fraction of sp³-hybridized carbons (Fsp3) is 0.333. The molecule has 114 valence electrons. The Balaban J connectivity index is 2.77. The second-order valence-electron chi connectivity index (χ2n) is 3.58. The fourth-order valence-electron chi connectivity index (χ4n) is 1.28. The van der Waals surface area contributed by atoms with E-state index in [2.05, 4.69) is 36.3 Å². The lowest BCUT2D eigenvalue weighted by Crippen LogP contribution is -2.34. The van der Waals surface area contributed by atoms with Crippen LogP contribution in [0, 0.1) is 0 Å². The highest BCUT2D eigenvalue weighted by molar-refractivity contribution is 9.10. The van der Waals surface area contributed by atoms with E-state index in [4.69, 9.17) is 17.0 Å². The highest BCUT2D eigenvalue weighted by atomic mass is 79.9. The lowest BCUT2D eigenvalue weighted by atomic mass is 10.3. The highest BCUT2D eigenvalue weighted by Crippen LogP contribution is 2.16. The third-order valence-electron chi connectivity index (χ3n) is 2.01. The van der Waals surface area contributed by atoms with Crippen LogP contribution in [0.15, 0.2) is 16.6 Å². The molecular weight excluding hydrogens is 362 g/mol. The molecule has 0 aromatic carbocycles. The molecule has 21 heavy (non-hydrogen) atoms. The van der Waals surface area contributed by atoms with Gasteiger partial charge in [0.1, 0.15) is 5.82 Å². The highest BCUT2D eigenvalue weighted by Gasteiger charge is 2.12. The van der Waals surface area contributed by atoms with Gasteiger partial charge in [0.25, 0.3) is 0 Å². The van der Waals surface area contributed by atoms with Crippen LogP contribution in [-0.4, -0.2) is 35.4 Å². The molecule has 0 unspecified atom stereocenters. The van der Waals surface area contributed by atoms with Gasteiger partial charge in [0.2, 0.25) is 0 Å². The third-order valence-corrected chi connectivity index (χ3v) is 2.67. The van der Waals surface area contributed by atoms with Crippen LogP contribution >= 0.6 is 28.1 Å². The zero-order valence-corrected chi connectivity index (χ0v) is 13.8. The lowest BCUT2D eigenvalue weighted by molar-refractivity contribution is 0.0519. The van der Waals surface area contributed by atoms with Crippen LogP contribution in [0.4, 0.5) is 10.6 Å². The summed E-state index contributed by atoms with van der Waals surface area (Å²) in [4.78, 5) is 26.9. The van der Waals surface area contributed by atoms with Gasteiger partial charge in [-0.3, -0.25) is 5.32 Å². The Morgan fingerprint density at radius 1 is 1.29 bits per heavy atom. The van der Waals surface area contributed by atoms with Crippen LogP contribution in [-0.2, 0) is 9.47 Å². The summed E-state index contributed by atoms with van der Waals surface area (Å²) in [6.45, 7) is 3.86. The summed E-state index contributed by atoms with van der Waals surface area (Å²) in [7, 11) is 0. The summed E-state index contributed by atoms with van der Waals surface area (Å²) >= 11 is 8.19. The van der Waals surface area contributed by atoms with E-state index in [-0.39, 0.29) is 29.8 Å². The van der Waals surface area contributed by atoms with E-state index >= 15 is 0 Å². The Morgan fingerprint density at radius 3 is 2.57 bits per heavy atom. The maximum Gasteiger partial charge on any atom is 0.413 e. The first kappa shape index (κ1) is 17.3. The van der Waals surface area contributed by atoms with Gasteiger partial charge in [0.05, 0.1) is 13.2 Å². The summed E-state index contributed by atoms with van der Waals surface area (Å²) in [5.41, 5.74) is 0.118. The Morgan fingerprint density at radius 2 is 1.95 bits per heavy atom. The molecule has 2 N–H and O–H groups in total. The van der Waals surface area contributed by atoms with E-state index in [1.165, 1.54) is 6.07 Å². The fourth-order valence-corrected chi connectivity index (χ4v) is 1.90. The molecule has 0 fully saturated rings. The van der Waals surface area contributed by atoms with Crippen LogP contribution < -0.4 is 10.6 Å². The zero-order valence-electron chi connectivity index (χ0n) is 11.4. The van der Waals surface area contributed by atoms with Crippen molar-refractivity contribution in [3.63, 3.8) is 0 Å². The van der Waals surface area contributed by atoms with Gasteiger partial charge in [-0.15, -0.1) is 0 Å². The summed E-state index contributed by atoms with van der Waals surface area (Å²) in [6.07, 6.45) is -0.671. The number of esters is 1. The average Bonchev–Trinajstić information content (AvgIpc) is 2.38. The maximum atomic E-state index is 11.6. The number of halogens is 1. The van der Waals surface area contributed by atoms with Crippen LogP contribution in [0.1, 0.15) is 24.3 Å². The van der Waals surface area contributed by atoms with Gasteiger partial charge in [0, 0.05) is 4.47 Å². The molecule has 1 rings (SSSR count). The molecule has 9 heteroatoms. The number of rotatable bonds is 4. The van der Waals surface area contributed by atoms with Crippen molar-refractivity contribution >= 4 is 51.1 Å². The summed E-state index contributed by atoms with van der Waals surface area (Å²) in [5.74, 6) is -0.264. The summed E-state index contributed by atoms with van der Waals surface area (Å²) < 4.78 is 10.2. The van der Waals surface area contributed by atoms with Crippen molar-refractivity contribution in [2.75, 3.05) is 18.5 Å². The topological polar surface area (TPSA) is 89.6 Å². The molecular formula is C12H14BrN3O4S. The number of hydrogen-bond donors (Lipinski definition) is 2. The lowest BCUT2D eigenvalue weighted by Gasteiger charge is -2.10. The van der Waals surface area contributed by atoms with Crippen LogP contribution in [0.5, 0.6) is 0 Å². The van der Waals surface area contributed by atoms with E-state index in [0.717, 1.165) is 0 Å². The van der Waals surface area contributed by atoms with Crippen molar-refractivity contribution in [3.05, 3.63) is 22.3 Å². The number of carbonyl (C=O) groups excluding carboxylic acids is 2. The molecule has 0 saturated heterocycles. The standard InChI is InChI=1S/C12H14BrN3O4S/c1-3-19-10(17)8-5-7(13)6-9(14-8)15-11(21)16-12(18)20-4-2/h5-6H,3-4H2,1-2H3,(H2,14,15,16,18,21). The van der Waals surface area contributed by atoms with Gasteiger partial charge < -0.3 is 14.8 Å². The number of nitrogens with one attached hydrogen (secondary N) is 2. The number of pyridine rings is 1. The first-order valence-corrected chi connectivity index (χ1v) is 7.25. The Labute approximate surface area is 135 Å². The van der Waals surface area contributed by atoms with E-state index in [9.17, 15) is 9.59 Å². The SMILES string of the molecule is CCOC(=O)NC(=S)Nc1cc(Br)cc(C(=O)OCC)n1. The quantitative estimate of drug-likeness (QED) is 0.616. The molecule has 0 atom stereocenters. The van der Waals surface area contributed by atoms with Crippen molar-refractivity contribution in [2.24, 2.45) is 0 Å². The third kappa shape index (κ3) is 6.05. The Kier molecular flexibility index (Phi) is 7.03. The predicted octanol–water partition coefficient (Wildman–Crippen LogP) is 2.46. The van der Waals surface area contributed by atoms with Crippen molar-refractivity contribution in [3.8, 4) is 0 Å². The number of anilines is 1. The van der Waals surface area contributed by atoms with Gasteiger partial charge >= 0.3 is 12.1 Å². The minimum atomic E-state index is -0.671. The molecule has 0 aliphatic heterocycles. The smallest absolute Gasteiger partial charge is 0.413 e. The number of aromatic nitrogens is 1. The summed E-state index contributed by atoms with van der Waals surface area (Å²) in [5, 5.41) is 5.00. The first-order chi connectivity index (χ1) is 9.96. The molecule has 7 nitrogen and oxygen atoms in total. The number of hydrogen-bond acceptors (Lipinski definition) is 6. The van der Waals surface area contributed by atoms with Crippen LogP contribution in [0.25, 0.3) is 0 Å². The number of carbonyl (C=O) groups is 2. The molecule has 0 aliphatic carbocycles. The van der Waals surface area contributed by atoms with E-state index in [1.54, 1.807) is 19.9 Å². The Hall–Kier alpha value is -1.74. The molecule has 0 bridgehead atoms. The van der Waals surface area contributed by atoms with Gasteiger partial charge in [-0.25, -0.2) is 14.6 Å². The van der Waals surface area contributed by atoms with Crippen molar-refractivity contribution in [1.29, 1.82) is 0 Å². The number of amides is 1. The predicted molar refractivity (Wildman–Crippen MR) is 84.3 cm³/mol. The molecule has 0 spiro atoms. The van der Waals surface area contributed by atoms with Crippen LogP contribution in [0.3, 0.4) is 0 Å². The normalized spacial score (nSPS) is 9.67. The van der Waals surface area contributed by atoms with Crippen LogP contribution in [0.2, 0.25) is 0 Å². The maximum absolute atomic E-state index is 11.6. The number of ether oxygens (including phenoxy) is 2. The van der Waals surface area contributed by atoms with Gasteiger partial charge in [-0.05, 0) is 38.2 Å². The molecule has 1 amide bonds. The van der Waals surface area contributed by atoms with Gasteiger partial charge in [0.15, 0.2) is 10.8 Å². The molecule has 1 aromatic heterocycles. The molecule has 1 aromatic rings. The first-order valence-electron chi connectivity index (χ1n) is 6.05. The number of thiocarbonyl (C=S) groups is 1. The Bertz CT molecular complexity index is 553.